The maximum Gasteiger partial charge on any atom is 0.329 e. The second kappa shape index (κ2) is 10.1. The number of hydrogen-bond donors (Lipinski definition) is 1. The summed E-state index contributed by atoms with van der Waals surface area (Å²) in [5.41, 5.74) is 2.02. The van der Waals surface area contributed by atoms with Gasteiger partial charge in [-0.2, -0.15) is 0 Å². The van der Waals surface area contributed by atoms with Crippen molar-refractivity contribution in [1.29, 1.82) is 0 Å². The van der Waals surface area contributed by atoms with Crippen LogP contribution < -0.4 is 14.8 Å². The Morgan fingerprint density at radius 1 is 1.00 bits per heavy atom. The van der Waals surface area contributed by atoms with Crippen LogP contribution in [0, 0.1) is 0 Å². The molecule has 33 heavy (non-hydrogen) atoms. The molecule has 1 aliphatic heterocycles. The third-order valence-corrected chi connectivity index (χ3v) is 6.02. The highest BCUT2D eigenvalue weighted by Crippen LogP contribution is 2.36. The standard InChI is InChI=1S/C26H25BrN2O4/c1-3-12-29-25(30)22(28-26(29)31)13-19-14-23(32-4-2)24(15-21(19)27)33-16-18-10-7-9-17-8-5-6-11-20(17)18/h5-11,13-15H,3-4,12,16H2,1-2H3,(H,28,31)/b22-13+. The van der Waals surface area contributed by atoms with Crippen LogP contribution in [0.15, 0.2) is 64.8 Å². The number of amides is 3. The minimum Gasteiger partial charge on any atom is -0.490 e. The first-order valence-electron chi connectivity index (χ1n) is 10.9. The van der Waals surface area contributed by atoms with E-state index in [0.717, 1.165) is 20.8 Å². The number of nitrogens with zero attached hydrogens (tertiary/aromatic N) is 1. The van der Waals surface area contributed by atoms with Gasteiger partial charge in [-0.1, -0.05) is 65.3 Å². The van der Waals surface area contributed by atoms with Crippen LogP contribution in [0.2, 0.25) is 0 Å². The van der Waals surface area contributed by atoms with Crippen molar-refractivity contribution in [2.75, 3.05) is 13.2 Å². The van der Waals surface area contributed by atoms with Gasteiger partial charge in [0.1, 0.15) is 12.3 Å². The fourth-order valence-corrected chi connectivity index (χ4v) is 4.21. The lowest BCUT2D eigenvalue weighted by Gasteiger charge is -2.15. The molecule has 170 valence electrons. The molecule has 3 amide bonds. The summed E-state index contributed by atoms with van der Waals surface area (Å²) >= 11 is 3.57. The Bertz CT molecular complexity index is 1230. The highest BCUT2D eigenvalue weighted by atomic mass is 79.9. The number of rotatable bonds is 8. The number of halogens is 1. The van der Waals surface area contributed by atoms with E-state index in [1.165, 1.54) is 4.90 Å². The molecule has 0 radical (unpaired) electrons. The molecule has 1 fully saturated rings. The Kier molecular flexibility index (Phi) is 6.99. The number of carbonyl (C=O) groups is 2. The summed E-state index contributed by atoms with van der Waals surface area (Å²) in [4.78, 5) is 25.9. The van der Waals surface area contributed by atoms with Crippen molar-refractivity contribution >= 4 is 44.7 Å². The van der Waals surface area contributed by atoms with Crippen LogP contribution in [0.25, 0.3) is 16.8 Å². The van der Waals surface area contributed by atoms with Crippen molar-refractivity contribution in [2.24, 2.45) is 0 Å². The van der Waals surface area contributed by atoms with Crippen molar-refractivity contribution in [2.45, 2.75) is 26.9 Å². The second-order valence-corrected chi connectivity index (χ2v) is 8.48. The van der Waals surface area contributed by atoms with E-state index in [4.69, 9.17) is 9.47 Å². The molecular formula is C26H25BrN2O4. The number of carbonyl (C=O) groups excluding carboxylic acids is 2. The Hall–Kier alpha value is -3.32. The van der Waals surface area contributed by atoms with E-state index in [-0.39, 0.29) is 11.6 Å². The number of ether oxygens (including phenoxy) is 2. The highest BCUT2D eigenvalue weighted by molar-refractivity contribution is 9.10. The quantitative estimate of drug-likeness (QED) is 0.304. The summed E-state index contributed by atoms with van der Waals surface area (Å²) < 4.78 is 12.7. The van der Waals surface area contributed by atoms with Gasteiger partial charge in [-0.25, -0.2) is 4.79 Å². The molecule has 3 aromatic carbocycles. The van der Waals surface area contributed by atoms with Gasteiger partial charge in [0.05, 0.1) is 6.61 Å². The molecule has 0 saturated carbocycles. The Morgan fingerprint density at radius 3 is 2.55 bits per heavy atom. The Morgan fingerprint density at radius 2 is 1.76 bits per heavy atom. The molecule has 7 heteroatoms. The number of fused-ring (bicyclic) bond motifs is 1. The van der Waals surface area contributed by atoms with Crippen molar-refractivity contribution in [3.8, 4) is 11.5 Å². The van der Waals surface area contributed by atoms with E-state index in [2.05, 4.69) is 39.4 Å². The summed E-state index contributed by atoms with van der Waals surface area (Å²) in [6, 6.07) is 17.6. The van der Waals surface area contributed by atoms with E-state index in [0.29, 0.717) is 43.2 Å². The highest BCUT2D eigenvalue weighted by Gasteiger charge is 2.32. The molecule has 1 aliphatic rings. The van der Waals surface area contributed by atoms with Crippen LogP contribution in [-0.2, 0) is 11.4 Å². The summed E-state index contributed by atoms with van der Waals surface area (Å²) in [7, 11) is 0. The molecule has 0 atom stereocenters. The molecule has 1 heterocycles. The number of nitrogens with one attached hydrogen (secondary N) is 1. The minimum atomic E-state index is -0.399. The van der Waals surface area contributed by atoms with Gasteiger partial charge in [-0.05, 0) is 53.5 Å². The van der Waals surface area contributed by atoms with Gasteiger partial charge in [0.25, 0.3) is 5.91 Å². The maximum absolute atomic E-state index is 12.6. The predicted molar refractivity (Wildman–Crippen MR) is 132 cm³/mol. The van der Waals surface area contributed by atoms with Gasteiger partial charge in [-0.3, -0.25) is 9.69 Å². The van der Waals surface area contributed by atoms with E-state index in [1.54, 1.807) is 12.1 Å². The molecule has 0 spiro atoms. The van der Waals surface area contributed by atoms with E-state index < -0.39 is 6.03 Å². The fraction of sp³-hybridized carbons (Fsp3) is 0.231. The summed E-state index contributed by atoms with van der Waals surface area (Å²) in [5.74, 6) is 0.825. The van der Waals surface area contributed by atoms with Crippen molar-refractivity contribution < 1.29 is 19.1 Å². The summed E-state index contributed by atoms with van der Waals surface area (Å²) in [6.07, 6.45) is 2.35. The van der Waals surface area contributed by atoms with Gasteiger partial charge in [0.2, 0.25) is 0 Å². The number of benzene rings is 3. The number of urea groups is 1. The van der Waals surface area contributed by atoms with Crippen molar-refractivity contribution in [3.63, 3.8) is 0 Å². The Labute approximate surface area is 201 Å². The van der Waals surface area contributed by atoms with Crippen LogP contribution in [0.4, 0.5) is 4.79 Å². The molecule has 4 rings (SSSR count). The topological polar surface area (TPSA) is 67.9 Å². The molecule has 0 aromatic heterocycles. The lowest BCUT2D eigenvalue weighted by Crippen LogP contribution is -2.31. The lowest BCUT2D eigenvalue weighted by molar-refractivity contribution is -0.122. The molecule has 6 nitrogen and oxygen atoms in total. The average Bonchev–Trinajstić information content (AvgIpc) is 3.08. The van der Waals surface area contributed by atoms with E-state index >= 15 is 0 Å². The van der Waals surface area contributed by atoms with Crippen LogP contribution in [0.5, 0.6) is 11.5 Å². The first kappa shape index (κ1) is 22.9. The van der Waals surface area contributed by atoms with Crippen LogP contribution in [0.1, 0.15) is 31.4 Å². The largest absolute Gasteiger partial charge is 0.490 e. The summed E-state index contributed by atoms with van der Waals surface area (Å²) in [6.45, 7) is 5.05. The third-order valence-electron chi connectivity index (χ3n) is 5.34. The fourth-order valence-electron chi connectivity index (χ4n) is 3.77. The normalized spacial score (nSPS) is 14.8. The third kappa shape index (κ3) is 4.88. The van der Waals surface area contributed by atoms with Gasteiger partial charge >= 0.3 is 6.03 Å². The monoisotopic (exact) mass is 508 g/mol. The zero-order valence-corrected chi connectivity index (χ0v) is 20.1. The summed E-state index contributed by atoms with van der Waals surface area (Å²) in [5, 5.41) is 4.95. The second-order valence-electron chi connectivity index (χ2n) is 7.63. The van der Waals surface area contributed by atoms with Crippen molar-refractivity contribution in [1.82, 2.24) is 10.2 Å². The van der Waals surface area contributed by atoms with Gasteiger partial charge < -0.3 is 14.8 Å². The first-order chi connectivity index (χ1) is 16.0. The predicted octanol–water partition coefficient (Wildman–Crippen LogP) is 5.88. The van der Waals surface area contributed by atoms with Gasteiger partial charge in [0, 0.05) is 11.0 Å². The molecule has 0 aliphatic carbocycles. The molecule has 0 unspecified atom stereocenters. The van der Waals surface area contributed by atoms with Crippen LogP contribution >= 0.6 is 15.9 Å². The SMILES string of the molecule is CCCN1C(=O)N/C(=C/c2cc(OCC)c(OCc3cccc4ccccc34)cc2Br)C1=O. The minimum absolute atomic E-state index is 0.237. The molecule has 0 bridgehead atoms. The molecule has 1 N–H and O–H groups in total. The van der Waals surface area contributed by atoms with Gasteiger partial charge in [0.15, 0.2) is 11.5 Å². The maximum atomic E-state index is 12.6. The van der Waals surface area contributed by atoms with E-state index in [1.807, 2.05) is 44.2 Å². The van der Waals surface area contributed by atoms with Crippen LogP contribution in [-0.4, -0.2) is 30.0 Å². The number of hydrogen-bond acceptors (Lipinski definition) is 4. The van der Waals surface area contributed by atoms with Crippen molar-refractivity contribution in [3.05, 3.63) is 75.9 Å². The average molecular weight is 509 g/mol. The smallest absolute Gasteiger partial charge is 0.329 e. The van der Waals surface area contributed by atoms with E-state index in [9.17, 15) is 9.59 Å². The lowest BCUT2D eigenvalue weighted by atomic mass is 10.1. The first-order valence-corrected chi connectivity index (χ1v) is 11.7. The van der Waals surface area contributed by atoms with Crippen LogP contribution in [0.3, 0.4) is 0 Å². The molecule has 1 saturated heterocycles. The molecule has 3 aromatic rings. The molecular weight excluding hydrogens is 484 g/mol. The zero-order chi connectivity index (χ0) is 23.4. The number of imide groups is 1. The Balaban J connectivity index is 1.61. The zero-order valence-electron chi connectivity index (χ0n) is 18.6. The van der Waals surface area contributed by atoms with Gasteiger partial charge in [-0.15, -0.1) is 0 Å².